The fourth-order valence-electron chi connectivity index (χ4n) is 2.17. The van der Waals surface area contributed by atoms with Gasteiger partial charge in [-0.2, -0.15) is 0 Å². The van der Waals surface area contributed by atoms with E-state index in [-0.39, 0.29) is 4.83 Å². The molecular weight excluding hydrogens is 342 g/mol. The standard InChI is InChI=1S/C16H15BrF2O2/c1-20-14-4-3-5-15(21-2)16(14)12(17)8-10-6-7-11(18)9-13(10)19/h3-7,9,12H,8H2,1-2H3. The normalized spacial score (nSPS) is 12.0. The molecule has 112 valence electrons. The number of hydrogen-bond acceptors (Lipinski definition) is 2. The van der Waals surface area contributed by atoms with Crippen LogP contribution in [0.25, 0.3) is 0 Å². The number of halogens is 3. The predicted molar refractivity (Wildman–Crippen MR) is 81.3 cm³/mol. The molecule has 0 aliphatic rings. The number of ether oxygens (including phenoxy) is 2. The van der Waals surface area contributed by atoms with E-state index in [9.17, 15) is 8.78 Å². The highest BCUT2D eigenvalue weighted by Crippen LogP contribution is 2.40. The minimum absolute atomic E-state index is 0.219. The third kappa shape index (κ3) is 3.53. The molecule has 0 saturated carbocycles. The van der Waals surface area contributed by atoms with Crippen molar-refractivity contribution in [1.29, 1.82) is 0 Å². The first kappa shape index (κ1) is 15.8. The van der Waals surface area contributed by atoms with Crippen molar-refractivity contribution in [2.24, 2.45) is 0 Å². The maximum atomic E-state index is 13.8. The third-order valence-electron chi connectivity index (χ3n) is 3.19. The van der Waals surface area contributed by atoms with Crippen molar-refractivity contribution >= 4 is 15.9 Å². The number of rotatable bonds is 5. The van der Waals surface area contributed by atoms with Crippen molar-refractivity contribution in [2.45, 2.75) is 11.2 Å². The molecule has 0 bridgehead atoms. The quantitative estimate of drug-likeness (QED) is 0.725. The number of hydrogen-bond donors (Lipinski definition) is 0. The molecule has 0 aliphatic heterocycles. The summed E-state index contributed by atoms with van der Waals surface area (Å²) in [5, 5.41) is 0. The molecule has 0 N–H and O–H groups in total. The maximum Gasteiger partial charge on any atom is 0.129 e. The summed E-state index contributed by atoms with van der Waals surface area (Å²) in [7, 11) is 3.13. The van der Waals surface area contributed by atoms with Gasteiger partial charge in [0.2, 0.25) is 0 Å². The van der Waals surface area contributed by atoms with E-state index in [1.54, 1.807) is 14.2 Å². The minimum Gasteiger partial charge on any atom is -0.496 e. The molecule has 0 amide bonds. The Hall–Kier alpha value is -1.62. The maximum absolute atomic E-state index is 13.8. The molecule has 0 aliphatic carbocycles. The highest BCUT2D eigenvalue weighted by atomic mass is 79.9. The van der Waals surface area contributed by atoms with E-state index in [0.717, 1.165) is 11.6 Å². The molecule has 2 rings (SSSR count). The van der Waals surface area contributed by atoms with Gasteiger partial charge in [0, 0.05) is 6.07 Å². The Morgan fingerprint density at radius 3 is 2.19 bits per heavy atom. The Labute approximate surface area is 130 Å². The van der Waals surface area contributed by atoms with Crippen LogP contribution in [0.2, 0.25) is 0 Å². The first-order valence-electron chi connectivity index (χ1n) is 6.35. The van der Waals surface area contributed by atoms with Crippen molar-refractivity contribution in [3.8, 4) is 11.5 Å². The predicted octanol–water partition coefficient (Wildman–Crippen LogP) is 4.66. The van der Waals surface area contributed by atoms with Gasteiger partial charge in [0.25, 0.3) is 0 Å². The molecule has 2 nitrogen and oxygen atoms in total. The van der Waals surface area contributed by atoms with Gasteiger partial charge < -0.3 is 9.47 Å². The van der Waals surface area contributed by atoms with Gasteiger partial charge in [0.1, 0.15) is 23.1 Å². The van der Waals surface area contributed by atoms with Gasteiger partial charge in [-0.15, -0.1) is 0 Å². The summed E-state index contributed by atoms with van der Waals surface area (Å²) in [6, 6.07) is 9.02. The first-order chi connectivity index (χ1) is 10.1. The monoisotopic (exact) mass is 356 g/mol. The van der Waals surface area contributed by atoms with E-state index >= 15 is 0 Å². The van der Waals surface area contributed by atoms with E-state index < -0.39 is 11.6 Å². The van der Waals surface area contributed by atoms with Crippen LogP contribution in [0.4, 0.5) is 8.78 Å². The van der Waals surface area contributed by atoms with Gasteiger partial charge in [0.15, 0.2) is 0 Å². The lowest BCUT2D eigenvalue weighted by Gasteiger charge is -2.18. The molecule has 0 radical (unpaired) electrons. The van der Waals surface area contributed by atoms with Gasteiger partial charge >= 0.3 is 0 Å². The van der Waals surface area contributed by atoms with E-state index in [0.29, 0.717) is 23.5 Å². The van der Waals surface area contributed by atoms with Gasteiger partial charge in [-0.1, -0.05) is 28.1 Å². The van der Waals surface area contributed by atoms with Crippen molar-refractivity contribution in [3.63, 3.8) is 0 Å². The average Bonchev–Trinajstić information content (AvgIpc) is 2.49. The van der Waals surface area contributed by atoms with Crippen LogP contribution in [0.15, 0.2) is 36.4 Å². The Morgan fingerprint density at radius 1 is 1.05 bits per heavy atom. The summed E-state index contributed by atoms with van der Waals surface area (Å²) >= 11 is 3.54. The number of methoxy groups -OCH3 is 2. The summed E-state index contributed by atoms with van der Waals surface area (Å²) in [6.45, 7) is 0. The summed E-state index contributed by atoms with van der Waals surface area (Å²) in [5.41, 5.74) is 1.22. The van der Waals surface area contributed by atoms with Crippen molar-refractivity contribution in [3.05, 3.63) is 59.2 Å². The average molecular weight is 357 g/mol. The molecule has 21 heavy (non-hydrogen) atoms. The van der Waals surface area contributed by atoms with Crippen LogP contribution in [0.5, 0.6) is 11.5 Å². The van der Waals surface area contributed by atoms with Crippen LogP contribution >= 0.6 is 15.9 Å². The topological polar surface area (TPSA) is 18.5 Å². The highest BCUT2D eigenvalue weighted by molar-refractivity contribution is 9.09. The zero-order valence-corrected chi connectivity index (χ0v) is 13.3. The van der Waals surface area contributed by atoms with Crippen LogP contribution < -0.4 is 9.47 Å². The second kappa shape index (κ2) is 6.89. The van der Waals surface area contributed by atoms with Crippen LogP contribution in [-0.2, 0) is 6.42 Å². The highest BCUT2D eigenvalue weighted by Gasteiger charge is 2.20. The zero-order chi connectivity index (χ0) is 15.4. The summed E-state index contributed by atoms with van der Waals surface area (Å²) in [5.74, 6) is 0.156. The van der Waals surface area contributed by atoms with E-state index in [2.05, 4.69) is 15.9 Å². The Kier molecular flexibility index (Phi) is 5.17. The van der Waals surface area contributed by atoms with Gasteiger partial charge in [-0.05, 0) is 30.2 Å². The van der Waals surface area contributed by atoms with Crippen molar-refractivity contribution in [1.82, 2.24) is 0 Å². The van der Waals surface area contributed by atoms with E-state index in [1.165, 1.54) is 12.1 Å². The summed E-state index contributed by atoms with van der Waals surface area (Å²) < 4.78 is 37.4. The van der Waals surface area contributed by atoms with Gasteiger partial charge in [-0.3, -0.25) is 0 Å². The molecule has 0 heterocycles. The second-order valence-corrected chi connectivity index (χ2v) is 5.59. The molecule has 0 saturated heterocycles. The van der Waals surface area contributed by atoms with Crippen LogP contribution in [0.1, 0.15) is 16.0 Å². The Morgan fingerprint density at radius 2 is 1.67 bits per heavy atom. The molecule has 1 atom stereocenters. The Balaban J connectivity index is 2.33. The molecule has 2 aromatic rings. The molecule has 0 spiro atoms. The Bertz CT molecular complexity index is 609. The van der Waals surface area contributed by atoms with Crippen LogP contribution in [-0.4, -0.2) is 14.2 Å². The van der Waals surface area contributed by atoms with Crippen molar-refractivity contribution < 1.29 is 18.3 Å². The zero-order valence-electron chi connectivity index (χ0n) is 11.7. The van der Waals surface area contributed by atoms with Gasteiger partial charge in [-0.25, -0.2) is 8.78 Å². The van der Waals surface area contributed by atoms with E-state index in [4.69, 9.17) is 9.47 Å². The fraction of sp³-hybridized carbons (Fsp3) is 0.250. The molecule has 2 aromatic carbocycles. The van der Waals surface area contributed by atoms with Crippen LogP contribution in [0.3, 0.4) is 0 Å². The number of alkyl halides is 1. The number of benzene rings is 2. The lowest BCUT2D eigenvalue weighted by Crippen LogP contribution is -2.03. The second-order valence-electron chi connectivity index (χ2n) is 4.48. The largest absolute Gasteiger partial charge is 0.496 e. The molecule has 0 fully saturated rings. The molecule has 5 heteroatoms. The first-order valence-corrected chi connectivity index (χ1v) is 7.27. The molecule has 0 aromatic heterocycles. The third-order valence-corrected chi connectivity index (χ3v) is 3.97. The van der Waals surface area contributed by atoms with Gasteiger partial charge in [0.05, 0.1) is 24.6 Å². The van der Waals surface area contributed by atoms with Crippen LogP contribution in [0, 0.1) is 11.6 Å². The molecular formula is C16H15BrF2O2. The smallest absolute Gasteiger partial charge is 0.129 e. The van der Waals surface area contributed by atoms with E-state index in [1.807, 2.05) is 18.2 Å². The summed E-state index contributed by atoms with van der Waals surface area (Å²) in [4.78, 5) is -0.219. The SMILES string of the molecule is COc1cccc(OC)c1C(Br)Cc1ccc(F)cc1F. The van der Waals surface area contributed by atoms with Crippen molar-refractivity contribution in [2.75, 3.05) is 14.2 Å². The lowest BCUT2D eigenvalue weighted by molar-refractivity contribution is 0.385. The lowest BCUT2D eigenvalue weighted by atomic mass is 10.0. The molecule has 1 unspecified atom stereocenters. The minimum atomic E-state index is -0.586. The summed E-state index contributed by atoms with van der Waals surface area (Å²) in [6.07, 6.45) is 0.350. The fourth-order valence-corrected chi connectivity index (χ4v) is 2.97.